The molecule has 1 aliphatic rings. The molecular formula is C18H13BrO8. The summed E-state index contributed by atoms with van der Waals surface area (Å²) in [5, 5.41) is 31.0. The van der Waals surface area contributed by atoms with Gasteiger partial charge in [-0.25, -0.2) is 0 Å². The van der Waals surface area contributed by atoms with E-state index in [1.807, 2.05) is 0 Å². The molecule has 1 aliphatic carbocycles. The van der Waals surface area contributed by atoms with E-state index in [1.54, 1.807) is 0 Å². The Balaban J connectivity index is 2.49. The number of methoxy groups -OCH3 is 2. The Kier molecular flexibility index (Phi) is 4.35. The van der Waals surface area contributed by atoms with Crippen molar-refractivity contribution in [2.75, 3.05) is 14.2 Å². The van der Waals surface area contributed by atoms with Crippen LogP contribution in [0.1, 0.15) is 49.1 Å². The lowest BCUT2D eigenvalue weighted by molar-refractivity contribution is 0.0961. The fourth-order valence-corrected chi connectivity index (χ4v) is 3.52. The third-order valence-electron chi connectivity index (χ3n) is 4.31. The standard InChI is InChI=1S/C18H13BrO8/c1-5(20)8-10-11(16(24)12(19)15(8)23)14(22)9-6(13(10)21)4-7(26-2)18(27-3)17(9)25/h4,23-25H,1-3H3. The molecule has 27 heavy (non-hydrogen) atoms. The Hall–Kier alpha value is -3.07. The highest BCUT2D eigenvalue weighted by Crippen LogP contribution is 2.50. The molecule has 140 valence electrons. The van der Waals surface area contributed by atoms with Gasteiger partial charge in [-0.3, -0.25) is 14.4 Å². The van der Waals surface area contributed by atoms with Gasteiger partial charge in [0.1, 0.15) is 16.0 Å². The van der Waals surface area contributed by atoms with E-state index >= 15 is 0 Å². The van der Waals surface area contributed by atoms with Crippen LogP contribution in [0.3, 0.4) is 0 Å². The van der Waals surface area contributed by atoms with Gasteiger partial charge in [-0.1, -0.05) is 0 Å². The molecule has 0 bridgehead atoms. The molecule has 2 aromatic carbocycles. The first kappa shape index (κ1) is 18.7. The zero-order valence-corrected chi connectivity index (χ0v) is 15.9. The summed E-state index contributed by atoms with van der Waals surface area (Å²) in [6.07, 6.45) is 0. The van der Waals surface area contributed by atoms with E-state index in [2.05, 4.69) is 15.9 Å². The molecule has 3 N–H and O–H groups in total. The molecular weight excluding hydrogens is 424 g/mol. The molecule has 9 heteroatoms. The lowest BCUT2D eigenvalue weighted by Crippen LogP contribution is -2.24. The molecule has 0 amide bonds. The Morgan fingerprint density at radius 2 is 1.56 bits per heavy atom. The molecule has 0 aromatic heterocycles. The summed E-state index contributed by atoms with van der Waals surface area (Å²) in [4.78, 5) is 38.1. The number of hydrogen-bond acceptors (Lipinski definition) is 8. The first-order chi connectivity index (χ1) is 12.7. The third-order valence-corrected chi connectivity index (χ3v) is 5.06. The minimum atomic E-state index is -0.904. The number of ketones is 3. The molecule has 8 nitrogen and oxygen atoms in total. The topological polar surface area (TPSA) is 130 Å². The van der Waals surface area contributed by atoms with Crippen LogP contribution in [-0.4, -0.2) is 46.9 Å². The van der Waals surface area contributed by atoms with Crippen molar-refractivity contribution in [2.45, 2.75) is 6.92 Å². The molecule has 0 saturated heterocycles. The van der Waals surface area contributed by atoms with Crippen molar-refractivity contribution in [3.05, 3.63) is 38.4 Å². The Bertz CT molecular complexity index is 1050. The van der Waals surface area contributed by atoms with E-state index in [0.717, 1.165) is 6.92 Å². The van der Waals surface area contributed by atoms with Gasteiger partial charge in [-0.15, -0.1) is 0 Å². The quantitative estimate of drug-likeness (QED) is 0.533. The number of carbonyl (C=O) groups is 3. The van der Waals surface area contributed by atoms with Gasteiger partial charge in [0, 0.05) is 5.56 Å². The summed E-state index contributed by atoms with van der Waals surface area (Å²) in [5.41, 5.74) is -1.98. The molecule has 0 aliphatic heterocycles. The molecule has 0 fully saturated rings. The molecule has 0 radical (unpaired) electrons. The van der Waals surface area contributed by atoms with Crippen LogP contribution >= 0.6 is 15.9 Å². The van der Waals surface area contributed by atoms with Gasteiger partial charge in [-0.2, -0.15) is 0 Å². The first-order valence-corrected chi connectivity index (χ1v) is 8.32. The Labute approximate surface area is 161 Å². The number of aromatic hydroxyl groups is 3. The highest BCUT2D eigenvalue weighted by Gasteiger charge is 2.41. The van der Waals surface area contributed by atoms with Crippen LogP contribution < -0.4 is 9.47 Å². The number of fused-ring (bicyclic) bond motifs is 2. The summed E-state index contributed by atoms with van der Waals surface area (Å²) in [5.74, 6) is -4.60. The summed E-state index contributed by atoms with van der Waals surface area (Å²) in [7, 11) is 2.52. The van der Waals surface area contributed by atoms with Crippen molar-refractivity contribution in [1.29, 1.82) is 0 Å². The Morgan fingerprint density at radius 3 is 2.07 bits per heavy atom. The predicted molar refractivity (Wildman–Crippen MR) is 95.6 cm³/mol. The highest BCUT2D eigenvalue weighted by atomic mass is 79.9. The van der Waals surface area contributed by atoms with Crippen molar-refractivity contribution in [3.8, 4) is 28.7 Å². The van der Waals surface area contributed by atoms with Gasteiger partial charge in [0.15, 0.2) is 23.1 Å². The molecule has 3 rings (SSSR count). The van der Waals surface area contributed by atoms with Gasteiger partial charge in [-0.05, 0) is 28.9 Å². The predicted octanol–water partition coefficient (Wildman–Crippen LogP) is 2.56. The van der Waals surface area contributed by atoms with Gasteiger partial charge in [0.25, 0.3) is 0 Å². The van der Waals surface area contributed by atoms with Crippen LogP contribution in [0.2, 0.25) is 0 Å². The van der Waals surface area contributed by atoms with Crippen LogP contribution in [0.25, 0.3) is 0 Å². The number of carbonyl (C=O) groups excluding carboxylic acids is 3. The fraction of sp³-hybridized carbons (Fsp3) is 0.167. The maximum absolute atomic E-state index is 13.1. The second kappa shape index (κ2) is 6.27. The van der Waals surface area contributed by atoms with Crippen molar-refractivity contribution in [1.82, 2.24) is 0 Å². The van der Waals surface area contributed by atoms with E-state index < -0.39 is 56.9 Å². The summed E-state index contributed by atoms with van der Waals surface area (Å²) >= 11 is 2.91. The molecule has 0 unspecified atom stereocenters. The number of rotatable bonds is 3. The van der Waals surface area contributed by atoms with Crippen molar-refractivity contribution >= 4 is 33.3 Å². The number of hydrogen-bond donors (Lipinski definition) is 3. The van der Waals surface area contributed by atoms with Crippen LogP contribution in [0.15, 0.2) is 10.5 Å². The molecule has 0 spiro atoms. The summed E-state index contributed by atoms with van der Waals surface area (Å²) in [6, 6.07) is 1.19. The minimum Gasteiger partial charge on any atom is -0.506 e. The number of Topliss-reactive ketones (excluding diaryl/α,β-unsaturated/α-hetero) is 1. The number of halogens is 1. The van der Waals surface area contributed by atoms with Crippen LogP contribution in [-0.2, 0) is 0 Å². The maximum Gasteiger partial charge on any atom is 0.203 e. The molecule has 0 atom stereocenters. The molecule has 2 aromatic rings. The average molecular weight is 437 g/mol. The minimum absolute atomic E-state index is 0.00622. The Morgan fingerprint density at radius 1 is 0.926 bits per heavy atom. The van der Waals surface area contributed by atoms with Gasteiger partial charge in [0.05, 0.1) is 36.5 Å². The van der Waals surface area contributed by atoms with Crippen molar-refractivity contribution in [3.63, 3.8) is 0 Å². The van der Waals surface area contributed by atoms with Gasteiger partial charge < -0.3 is 24.8 Å². The highest BCUT2D eigenvalue weighted by molar-refractivity contribution is 9.10. The van der Waals surface area contributed by atoms with Crippen LogP contribution in [0.4, 0.5) is 0 Å². The second-order valence-electron chi connectivity index (χ2n) is 5.73. The zero-order chi connectivity index (χ0) is 20.2. The van der Waals surface area contributed by atoms with Gasteiger partial charge >= 0.3 is 0 Å². The van der Waals surface area contributed by atoms with E-state index in [-0.39, 0.29) is 21.5 Å². The fourth-order valence-electron chi connectivity index (χ4n) is 3.13. The lowest BCUT2D eigenvalue weighted by atomic mass is 9.79. The second-order valence-corrected chi connectivity index (χ2v) is 6.53. The van der Waals surface area contributed by atoms with Crippen LogP contribution in [0.5, 0.6) is 28.7 Å². The van der Waals surface area contributed by atoms with Crippen molar-refractivity contribution < 1.29 is 39.2 Å². The molecule has 0 saturated carbocycles. The van der Waals surface area contributed by atoms with E-state index in [9.17, 15) is 29.7 Å². The first-order valence-electron chi connectivity index (χ1n) is 7.52. The van der Waals surface area contributed by atoms with E-state index in [1.165, 1.54) is 20.3 Å². The summed E-state index contributed by atoms with van der Waals surface area (Å²) < 4.78 is 9.80. The van der Waals surface area contributed by atoms with Crippen LogP contribution in [0, 0.1) is 0 Å². The largest absolute Gasteiger partial charge is 0.506 e. The van der Waals surface area contributed by atoms with Crippen molar-refractivity contribution in [2.24, 2.45) is 0 Å². The lowest BCUT2D eigenvalue weighted by Gasteiger charge is -2.24. The SMILES string of the molecule is COc1cc2c(c(O)c1OC)C(=O)c1c(O)c(Br)c(O)c(C(C)=O)c1C2=O. The monoisotopic (exact) mass is 436 g/mol. The summed E-state index contributed by atoms with van der Waals surface area (Å²) in [6.45, 7) is 1.11. The third kappa shape index (κ3) is 2.38. The average Bonchev–Trinajstić information content (AvgIpc) is 2.62. The van der Waals surface area contributed by atoms with Gasteiger partial charge in [0.2, 0.25) is 11.5 Å². The number of phenolic OH excluding ortho intramolecular Hbond substituents is 3. The number of ether oxygens (including phenoxy) is 2. The normalized spacial score (nSPS) is 12.4. The molecule has 0 heterocycles. The maximum atomic E-state index is 13.1. The zero-order valence-electron chi connectivity index (χ0n) is 14.3. The number of benzene rings is 2. The smallest absolute Gasteiger partial charge is 0.203 e. The van der Waals surface area contributed by atoms with E-state index in [0.29, 0.717) is 0 Å². The number of phenols is 3. The van der Waals surface area contributed by atoms with E-state index in [4.69, 9.17) is 9.47 Å².